The number of nitrogens with zero attached hydrogens (tertiary/aromatic N) is 1. The molecule has 10 heteroatoms. The number of rotatable bonds is 8. The first-order valence-electron chi connectivity index (χ1n) is 9.89. The van der Waals surface area contributed by atoms with Crippen LogP contribution >= 0.6 is 11.3 Å². The summed E-state index contributed by atoms with van der Waals surface area (Å²) < 4.78 is 10.1. The van der Waals surface area contributed by atoms with E-state index in [1.165, 1.54) is 25.1 Å². The minimum absolute atomic E-state index is 0.164. The maximum absolute atomic E-state index is 12.4. The van der Waals surface area contributed by atoms with Crippen LogP contribution in [0, 0.1) is 17.0 Å². The van der Waals surface area contributed by atoms with Crippen molar-refractivity contribution in [3.63, 3.8) is 0 Å². The molecule has 0 bridgehead atoms. The molecule has 0 spiro atoms. The number of esters is 2. The summed E-state index contributed by atoms with van der Waals surface area (Å²) in [6, 6.07) is 15.2. The van der Waals surface area contributed by atoms with Crippen LogP contribution in [0.25, 0.3) is 10.4 Å². The molecular weight excluding hydrogens is 448 g/mol. The molecule has 0 aliphatic carbocycles. The zero-order chi connectivity index (χ0) is 24.0. The molecule has 0 saturated heterocycles. The molecule has 9 nitrogen and oxygen atoms in total. The minimum atomic E-state index is -0.999. The van der Waals surface area contributed by atoms with Crippen LogP contribution in [0.4, 0.5) is 11.4 Å². The number of nitrogens with one attached hydrogen (secondary N) is 1. The Balaban J connectivity index is 1.76. The molecule has 170 valence electrons. The number of nitro groups is 1. The van der Waals surface area contributed by atoms with Crippen LogP contribution in [-0.4, -0.2) is 36.0 Å². The fourth-order valence-corrected chi connectivity index (χ4v) is 4.05. The van der Waals surface area contributed by atoms with Crippen LogP contribution in [0.2, 0.25) is 0 Å². The van der Waals surface area contributed by atoms with E-state index in [9.17, 15) is 24.5 Å². The second-order valence-corrected chi connectivity index (χ2v) is 7.84. The van der Waals surface area contributed by atoms with Gasteiger partial charge in [-0.2, -0.15) is 0 Å². The second kappa shape index (κ2) is 10.5. The number of ether oxygens (including phenoxy) is 2. The molecule has 1 amide bonds. The van der Waals surface area contributed by atoms with Crippen LogP contribution in [0.5, 0.6) is 0 Å². The van der Waals surface area contributed by atoms with E-state index in [-0.39, 0.29) is 28.4 Å². The molecule has 1 N–H and O–H groups in total. The third-order valence-electron chi connectivity index (χ3n) is 4.50. The zero-order valence-electron chi connectivity index (χ0n) is 17.8. The van der Waals surface area contributed by atoms with Crippen LogP contribution < -0.4 is 5.32 Å². The van der Waals surface area contributed by atoms with E-state index in [1.807, 2.05) is 30.3 Å². The van der Waals surface area contributed by atoms with Crippen molar-refractivity contribution >= 4 is 40.6 Å². The molecule has 0 saturated carbocycles. The quantitative estimate of drug-likeness (QED) is 0.291. The topological polar surface area (TPSA) is 125 Å². The molecule has 3 aromatic rings. The Labute approximate surface area is 193 Å². The fraction of sp³-hybridized carbons (Fsp3) is 0.174. The largest absolute Gasteiger partial charge is 0.462 e. The van der Waals surface area contributed by atoms with E-state index in [2.05, 4.69) is 5.32 Å². The third kappa shape index (κ3) is 5.60. The van der Waals surface area contributed by atoms with Gasteiger partial charge in [-0.15, -0.1) is 11.3 Å². The highest BCUT2D eigenvalue weighted by molar-refractivity contribution is 7.18. The molecule has 0 radical (unpaired) electrons. The number of carbonyl (C=O) groups excluding carboxylic acids is 3. The number of nitro benzene ring substituents is 1. The lowest BCUT2D eigenvalue weighted by molar-refractivity contribution is -0.385. The molecule has 0 unspecified atom stereocenters. The van der Waals surface area contributed by atoms with Crippen LogP contribution in [0.3, 0.4) is 0 Å². The average Bonchev–Trinajstić information content (AvgIpc) is 3.21. The van der Waals surface area contributed by atoms with Gasteiger partial charge in [-0.25, -0.2) is 9.59 Å². The molecule has 0 aliphatic rings. The lowest BCUT2D eigenvalue weighted by Gasteiger charge is -2.08. The zero-order valence-corrected chi connectivity index (χ0v) is 18.6. The summed E-state index contributed by atoms with van der Waals surface area (Å²) >= 11 is 1.16. The molecule has 0 aliphatic heterocycles. The number of aryl methyl sites for hydroxylation is 1. The van der Waals surface area contributed by atoms with Crippen molar-refractivity contribution in [2.45, 2.75) is 13.8 Å². The molecule has 1 heterocycles. The van der Waals surface area contributed by atoms with Crippen molar-refractivity contribution in [3.8, 4) is 10.4 Å². The highest BCUT2D eigenvalue weighted by Crippen LogP contribution is 2.35. The van der Waals surface area contributed by atoms with Gasteiger partial charge >= 0.3 is 11.9 Å². The number of anilines is 1. The maximum Gasteiger partial charge on any atom is 0.350 e. The Morgan fingerprint density at radius 3 is 2.42 bits per heavy atom. The summed E-state index contributed by atoms with van der Waals surface area (Å²) in [5.41, 5.74) is 0.746. The van der Waals surface area contributed by atoms with Gasteiger partial charge in [0.15, 0.2) is 6.61 Å². The lowest BCUT2D eigenvalue weighted by Crippen LogP contribution is -2.22. The van der Waals surface area contributed by atoms with Gasteiger partial charge in [0.25, 0.3) is 11.6 Å². The standard InChI is InChI=1S/C23H20N2O7S/c1-3-31-23(28)21-17(12-18(33-21)15-9-5-4-6-10-15)24-19(26)13-32-22(27)16-11-7-8-14(2)20(16)25(29)30/h4-12H,3,13H2,1-2H3,(H,24,26). The second-order valence-electron chi connectivity index (χ2n) is 6.79. The molecule has 0 fully saturated rings. The van der Waals surface area contributed by atoms with Gasteiger partial charge in [0.2, 0.25) is 0 Å². The third-order valence-corrected chi connectivity index (χ3v) is 5.66. The summed E-state index contributed by atoms with van der Waals surface area (Å²) in [6.07, 6.45) is 0. The van der Waals surface area contributed by atoms with Gasteiger partial charge in [0.05, 0.1) is 17.2 Å². The molecule has 2 aromatic carbocycles. The van der Waals surface area contributed by atoms with Crippen molar-refractivity contribution in [3.05, 3.63) is 80.7 Å². The number of hydrogen-bond donors (Lipinski definition) is 1. The SMILES string of the molecule is CCOC(=O)c1sc(-c2ccccc2)cc1NC(=O)COC(=O)c1cccc(C)c1[N+](=O)[O-]. The van der Waals surface area contributed by atoms with Crippen molar-refractivity contribution in [1.82, 2.24) is 0 Å². The Kier molecular flexibility index (Phi) is 7.52. The van der Waals surface area contributed by atoms with E-state index in [1.54, 1.807) is 13.0 Å². The van der Waals surface area contributed by atoms with Crippen LogP contribution in [0.15, 0.2) is 54.6 Å². The van der Waals surface area contributed by atoms with Crippen molar-refractivity contribution in [2.24, 2.45) is 0 Å². The van der Waals surface area contributed by atoms with Crippen molar-refractivity contribution in [1.29, 1.82) is 0 Å². The monoisotopic (exact) mass is 468 g/mol. The number of carbonyl (C=O) groups is 3. The summed E-state index contributed by atoms with van der Waals surface area (Å²) in [5, 5.41) is 13.8. The van der Waals surface area contributed by atoms with Gasteiger partial charge in [0, 0.05) is 10.4 Å². The highest BCUT2D eigenvalue weighted by Gasteiger charge is 2.25. The fourth-order valence-electron chi connectivity index (χ4n) is 3.04. The van der Waals surface area contributed by atoms with E-state index in [4.69, 9.17) is 9.47 Å². The molecule has 33 heavy (non-hydrogen) atoms. The average molecular weight is 468 g/mol. The number of amides is 1. The predicted molar refractivity (Wildman–Crippen MR) is 122 cm³/mol. The Hall–Kier alpha value is -4.05. The van der Waals surface area contributed by atoms with Crippen LogP contribution in [0.1, 0.15) is 32.5 Å². The summed E-state index contributed by atoms with van der Waals surface area (Å²) in [5.74, 6) is -2.30. The number of thiophene rings is 1. The Morgan fingerprint density at radius 1 is 1.03 bits per heavy atom. The number of benzene rings is 2. The minimum Gasteiger partial charge on any atom is -0.462 e. The van der Waals surface area contributed by atoms with Gasteiger partial charge in [0.1, 0.15) is 10.4 Å². The lowest BCUT2D eigenvalue weighted by atomic mass is 10.1. The number of para-hydroxylation sites is 1. The van der Waals surface area contributed by atoms with Gasteiger partial charge in [-0.1, -0.05) is 42.5 Å². The van der Waals surface area contributed by atoms with Crippen molar-refractivity contribution in [2.75, 3.05) is 18.5 Å². The van der Waals surface area contributed by atoms with E-state index in [0.29, 0.717) is 5.56 Å². The van der Waals surface area contributed by atoms with E-state index < -0.39 is 29.4 Å². The summed E-state index contributed by atoms with van der Waals surface area (Å²) in [6.45, 7) is 2.64. The van der Waals surface area contributed by atoms with Crippen LogP contribution in [-0.2, 0) is 14.3 Å². The first kappa shape index (κ1) is 23.6. The van der Waals surface area contributed by atoms with Gasteiger partial charge in [-0.05, 0) is 31.5 Å². The highest BCUT2D eigenvalue weighted by atomic mass is 32.1. The summed E-state index contributed by atoms with van der Waals surface area (Å²) in [7, 11) is 0. The molecule has 1 aromatic heterocycles. The first-order valence-corrected chi connectivity index (χ1v) is 10.7. The number of hydrogen-bond acceptors (Lipinski definition) is 8. The predicted octanol–water partition coefficient (Wildman–Crippen LogP) is 4.60. The Bertz CT molecular complexity index is 1200. The van der Waals surface area contributed by atoms with E-state index >= 15 is 0 Å². The maximum atomic E-state index is 12.4. The first-order chi connectivity index (χ1) is 15.8. The smallest absolute Gasteiger partial charge is 0.350 e. The Morgan fingerprint density at radius 2 is 1.76 bits per heavy atom. The molecule has 0 atom stereocenters. The normalized spacial score (nSPS) is 10.4. The van der Waals surface area contributed by atoms with Gasteiger partial charge < -0.3 is 14.8 Å². The van der Waals surface area contributed by atoms with E-state index in [0.717, 1.165) is 21.8 Å². The molecular formula is C23H20N2O7S. The summed E-state index contributed by atoms with van der Waals surface area (Å²) in [4.78, 5) is 48.7. The van der Waals surface area contributed by atoms with Gasteiger partial charge in [-0.3, -0.25) is 14.9 Å². The van der Waals surface area contributed by atoms with Crippen molar-refractivity contribution < 1.29 is 28.8 Å². The molecule has 3 rings (SSSR count).